The van der Waals surface area contributed by atoms with Gasteiger partial charge in [-0.1, -0.05) is 11.8 Å². The third kappa shape index (κ3) is 4.14. The van der Waals surface area contributed by atoms with Gasteiger partial charge in [0.2, 0.25) is 5.91 Å². The van der Waals surface area contributed by atoms with Crippen LogP contribution in [0, 0.1) is 10.5 Å². The number of benzene rings is 1. The zero-order valence-corrected chi connectivity index (χ0v) is 15.1. The van der Waals surface area contributed by atoms with Gasteiger partial charge in [-0.2, -0.15) is 0 Å². The maximum atomic E-state index is 12.0. The molecule has 0 radical (unpaired) electrons. The van der Waals surface area contributed by atoms with Gasteiger partial charge in [-0.3, -0.25) is 4.79 Å². The van der Waals surface area contributed by atoms with Crippen molar-refractivity contribution in [2.45, 2.75) is 12.1 Å². The summed E-state index contributed by atoms with van der Waals surface area (Å²) in [4.78, 5) is 12.0. The van der Waals surface area contributed by atoms with E-state index < -0.39 is 0 Å². The van der Waals surface area contributed by atoms with E-state index in [-0.39, 0.29) is 11.7 Å². The van der Waals surface area contributed by atoms with Gasteiger partial charge < -0.3 is 14.2 Å². The largest absolute Gasteiger partial charge is 0.459 e. The summed E-state index contributed by atoms with van der Waals surface area (Å²) < 4.78 is 11.7. The summed E-state index contributed by atoms with van der Waals surface area (Å²) >= 11 is 3.41. The summed E-state index contributed by atoms with van der Waals surface area (Å²) in [6, 6.07) is 9.32. The van der Waals surface area contributed by atoms with E-state index in [0.29, 0.717) is 16.9 Å². The van der Waals surface area contributed by atoms with Crippen molar-refractivity contribution < 1.29 is 13.6 Å². The summed E-state index contributed by atoms with van der Waals surface area (Å²) in [6.07, 6.45) is 1.53. The first-order valence-electron chi connectivity index (χ1n) is 6.68. The van der Waals surface area contributed by atoms with E-state index in [1.165, 1.54) is 18.0 Å². The molecule has 0 atom stereocenters. The molecular formula is C15H12IN3O3S. The molecule has 23 heavy (non-hydrogen) atoms. The predicted octanol–water partition coefficient (Wildman–Crippen LogP) is 3.97. The van der Waals surface area contributed by atoms with Gasteiger partial charge in [0.1, 0.15) is 0 Å². The van der Waals surface area contributed by atoms with Gasteiger partial charge in [0.25, 0.3) is 11.1 Å². The lowest BCUT2D eigenvalue weighted by atomic mass is 10.2. The fraction of sp³-hybridized carbons (Fsp3) is 0.133. The molecular weight excluding hydrogens is 429 g/mol. The highest BCUT2D eigenvalue weighted by Crippen LogP contribution is 2.24. The Morgan fingerprint density at radius 3 is 2.96 bits per heavy atom. The maximum Gasteiger partial charge on any atom is 0.284 e. The summed E-state index contributed by atoms with van der Waals surface area (Å²) in [5.74, 6) is 0.859. The molecule has 8 heteroatoms. The van der Waals surface area contributed by atoms with Gasteiger partial charge >= 0.3 is 0 Å². The molecule has 2 aromatic heterocycles. The van der Waals surface area contributed by atoms with Crippen molar-refractivity contribution in [2.24, 2.45) is 0 Å². The minimum atomic E-state index is -0.128. The highest BCUT2D eigenvalue weighted by Gasteiger charge is 2.13. The number of aryl methyl sites for hydroxylation is 1. The number of halogens is 1. The van der Waals surface area contributed by atoms with E-state index in [4.69, 9.17) is 8.83 Å². The van der Waals surface area contributed by atoms with Gasteiger partial charge in [0.15, 0.2) is 5.76 Å². The van der Waals surface area contributed by atoms with Gasteiger partial charge in [-0.15, -0.1) is 10.2 Å². The number of anilines is 1. The van der Waals surface area contributed by atoms with Crippen molar-refractivity contribution in [3.05, 3.63) is 45.7 Å². The highest BCUT2D eigenvalue weighted by atomic mass is 127. The molecule has 0 fully saturated rings. The summed E-state index contributed by atoms with van der Waals surface area (Å²) in [5, 5.41) is 11.0. The monoisotopic (exact) mass is 441 g/mol. The molecule has 1 aromatic carbocycles. The molecule has 3 aromatic rings. The molecule has 2 heterocycles. The second-order valence-electron chi connectivity index (χ2n) is 4.65. The van der Waals surface area contributed by atoms with Crippen LogP contribution in [0.15, 0.2) is 50.7 Å². The van der Waals surface area contributed by atoms with Gasteiger partial charge in [0, 0.05) is 9.26 Å². The minimum absolute atomic E-state index is 0.128. The van der Waals surface area contributed by atoms with Gasteiger partial charge in [-0.25, -0.2) is 0 Å². The van der Waals surface area contributed by atoms with E-state index in [1.54, 1.807) is 12.1 Å². The lowest BCUT2D eigenvalue weighted by Crippen LogP contribution is -2.14. The maximum absolute atomic E-state index is 12.0. The Morgan fingerprint density at radius 1 is 1.35 bits per heavy atom. The average molecular weight is 441 g/mol. The Bertz CT molecular complexity index is 817. The fourth-order valence-corrected chi connectivity index (χ4v) is 3.06. The van der Waals surface area contributed by atoms with Crippen molar-refractivity contribution in [1.29, 1.82) is 0 Å². The van der Waals surface area contributed by atoms with Gasteiger partial charge in [0.05, 0.1) is 12.0 Å². The van der Waals surface area contributed by atoms with Crippen molar-refractivity contribution in [3.8, 4) is 11.7 Å². The molecule has 0 aliphatic rings. The number of carbonyl (C=O) groups excluding carboxylic acids is 1. The van der Waals surface area contributed by atoms with Crippen LogP contribution in [0.1, 0.15) is 5.56 Å². The molecule has 0 saturated carbocycles. The van der Waals surface area contributed by atoms with Crippen LogP contribution in [-0.2, 0) is 4.79 Å². The van der Waals surface area contributed by atoms with Crippen LogP contribution in [0.25, 0.3) is 11.7 Å². The molecule has 118 valence electrons. The number of hydrogen-bond acceptors (Lipinski definition) is 6. The van der Waals surface area contributed by atoms with Crippen molar-refractivity contribution in [1.82, 2.24) is 10.2 Å². The third-order valence-electron chi connectivity index (χ3n) is 2.93. The second kappa shape index (κ2) is 7.18. The topological polar surface area (TPSA) is 81.2 Å². The average Bonchev–Trinajstić information content (AvgIpc) is 3.18. The highest BCUT2D eigenvalue weighted by molar-refractivity contribution is 14.1. The first-order chi connectivity index (χ1) is 11.1. The molecule has 6 nitrogen and oxygen atoms in total. The SMILES string of the molecule is Cc1cc(I)ccc1NC(=O)CSc1nnc(-c2ccco2)o1. The first kappa shape index (κ1) is 16.1. The van der Waals surface area contributed by atoms with Crippen LogP contribution >= 0.6 is 34.4 Å². The number of nitrogens with zero attached hydrogens (tertiary/aromatic N) is 2. The normalized spacial score (nSPS) is 10.7. The molecule has 0 spiro atoms. The lowest BCUT2D eigenvalue weighted by Gasteiger charge is -2.07. The van der Waals surface area contributed by atoms with Crippen molar-refractivity contribution in [2.75, 3.05) is 11.1 Å². The van der Waals surface area contributed by atoms with Crippen LogP contribution in [0.4, 0.5) is 5.69 Å². The minimum Gasteiger partial charge on any atom is -0.459 e. The molecule has 1 amide bonds. The molecule has 1 N–H and O–H groups in total. The number of aromatic nitrogens is 2. The van der Waals surface area contributed by atoms with Crippen molar-refractivity contribution in [3.63, 3.8) is 0 Å². The molecule has 0 unspecified atom stereocenters. The number of thioether (sulfide) groups is 1. The molecule has 3 rings (SSSR count). The number of carbonyl (C=O) groups is 1. The first-order valence-corrected chi connectivity index (χ1v) is 8.74. The van der Waals surface area contributed by atoms with Crippen LogP contribution in [-0.4, -0.2) is 21.9 Å². The van der Waals surface area contributed by atoms with Crippen LogP contribution < -0.4 is 5.32 Å². The lowest BCUT2D eigenvalue weighted by molar-refractivity contribution is -0.113. The van der Waals surface area contributed by atoms with Crippen LogP contribution in [0.3, 0.4) is 0 Å². The Labute approximate surface area is 150 Å². The Morgan fingerprint density at radius 2 is 2.22 bits per heavy atom. The fourth-order valence-electron chi connectivity index (χ4n) is 1.85. The summed E-state index contributed by atoms with van der Waals surface area (Å²) in [6.45, 7) is 1.96. The van der Waals surface area contributed by atoms with Crippen molar-refractivity contribution >= 4 is 45.9 Å². The van der Waals surface area contributed by atoms with Crippen LogP contribution in [0.5, 0.6) is 0 Å². The predicted molar refractivity (Wildman–Crippen MR) is 95.2 cm³/mol. The zero-order chi connectivity index (χ0) is 16.2. The number of amides is 1. The summed E-state index contributed by atoms with van der Waals surface area (Å²) in [5.41, 5.74) is 1.82. The van der Waals surface area contributed by atoms with E-state index in [1.807, 2.05) is 25.1 Å². The summed E-state index contributed by atoms with van der Waals surface area (Å²) in [7, 11) is 0. The molecule has 0 aliphatic heterocycles. The number of rotatable bonds is 5. The van der Waals surface area contributed by atoms with Gasteiger partial charge in [-0.05, 0) is 65.4 Å². The number of nitrogens with one attached hydrogen (secondary N) is 1. The standard InChI is InChI=1S/C15H12IN3O3S/c1-9-7-10(16)4-5-11(9)17-13(20)8-23-15-19-18-14(22-15)12-3-2-6-21-12/h2-7H,8H2,1H3,(H,17,20). The Hall–Kier alpha value is -1.81. The molecule has 0 aliphatic carbocycles. The Kier molecular flexibility index (Phi) is 5.01. The van der Waals surface area contributed by atoms with E-state index >= 15 is 0 Å². The third-order valence-corrected chi connectivity index (χ3v) is 4.42. The number of furan rings is 1. The van der Waals surface area contributed by atoms with E-state index in [0.717, 1.165) is 14.8 Å². The Balaban J connectivity index is 1.57. The van der Waals surface area contributed by atoms with E-state index in [9.17, 15) is 4.79 Å². The smallest absolute Gasteiger partial charge is 0.284 e. The zero-order valence-electron chi connectivity index (χ0n) is 12.1. The number of hydrogen-bond donors (Lipinski definition) is 1. The molecule has 0 saturated heterocycles. The van der Waals surface area contributed by atoms with E-state index in [2.05, 4.69) is 38.1 Å². The molecule has 0 bridgehead atoms. The quantitative estimate of drug-likeness (QED) is 0.477. The second-order valence-corrected chi connectivity index (χ2v) is 6.82. The van der Waals surface area contributed by atoms with Crippen LogP contribution in [0.2, 0.25) is 0 Å².